The lowest BCUT2D eigenvalue weighted by molar-refractivity contribution is 0.0150. The first-order valence-corrected chi connectivity index (χ1v) is 5.88. The molecule has 0 radical (unpaired) electrons. The Balaban J connectivity index is 2.23. The van der Waals surface area contributed by atoms with E-state index in [0.717, 1.165) is 12.5 Å². The van der Waals surface area contributed by atoms with Crippen LogP contribution in [-0.4, -0.2) is 13.2 Å². The van der Waals surface area contributed by atoms with Crippen molar-refractivity contribution in [3.8, 4) is 0 Å². The average molecular weight is 241 g/mol. The largest absolute Gasteiger partial charge is 0.381 e. The Morgan fingerprint density at radius 2 is 2.18 bits per heavy atom. The van der Waals surface area contributed by atoms with Gasteiger partial charge in [-0.2, -0.15) is 0 Å². The number of hydrogen-bond acceptors (Lipinski definition) is 2. The third-order valence-corrected chi connectivity index (χ3v) is 3.51. The minimum Gasteiger partial charge on any atom is -0.381 e. The molecule has 0 amide bonds. The van der Waals surface area contributed by atoms with Gasteiger partial charge in [0.25, 0.3) is 0 Å². The smallest absolute Gasteiger partial charge is 0.163 e. The molecule has 3 atom stereocenters. The van der Waals surface area contributed by atoms with Gasteiger partial charge in [0.1, 0.15) is 0 Å². The quantitative estimate of drug-likeness (QED) is 0.863. The molecule has 0 saturated carbocycles. The van der Waals surface area contributed by atoms with Gasteiger partial charge in [-0.05, 0) is 24.3 Å². The summed E-state index contributed by atoms with van der Waals surface area (Å²) in [5.74, 6) is -1.25. The Bertz CT molecular complexity index is 397. The summed E-state index contributed by atoms with van der Waals surface area (Å²) in [5.41, 5.74) is 6.34. The summed E-state index contributed by atoms with van der Waals surface area (Å²) in [6.45, 7) is 3.30. The monoisotopic (exact) mass is 241 g/mol. The van der Waals surface area contributed by atoms with Crippen molar-refractivity contribution in [3.05, 3.63) is 35.4 Å². The van der Waals surface area contributed by atoms with Crippen molar-refractivity contribution < 1.29 is 13.5 Å². The first kappa shape index (κ1) is 12.5. The second-order valence-corrected chi connectivity index (χ2v) is 4.67. The van der Waals surface area contributed by atoms with Crippen LogP contribution >= 0.6 is 0 Å². The van der Waals surface area contributed by atoms with Crippen molar-refractivity contribution in [2.45, 2.75) is 19.4 Å². The van der Waals surface area contributed by atoms with Crippen LogP contribution in [0.5, 0.6) is 0 Å². The fraction of sp³-hybridized carbons (Fsp3) is 0.538. The maximum atomic E-state index is 13.6. The molecule has 0 spiro atoms. The Kier molecular flexibility index (Phi) is 3.74. The normalized spacial score (nSPS) is 26.8. The zero-order valence-corrected chi connectivity index (χ0v) is 9.83. The molecule has 0 bridgehead atoms. The van der Waals surface area contributed by atoms with Crippen molar-refractivity contribution in [3.63, 3.8) is 0 Å². The number of halogens is 2. The van der Waals surface area contributed by atoms with Gasteiger partial charge in [-0.1, -0.05) is 19.1 Å². The van der Waals surface area contributed by atoms with Gasteiger partial charge < -0.3 is 10.5 Å². The van der Waals surface area contributed by atoms with Crippen LogP contribution in [0.4, 0.5) is 8.78 Å². The minimum atomic E-state index is -0.835. The van der Waals surface area contributed by atoms with Gasteiger partial charge in [-0.15, -0.1) is 0 Å². The maximum absolute atomic E-state index is 13.6. The Morgan fingerprint density at radius 3 is 2.88 bits per heavy atom. The van der Waals surface area contributed by atoms with Gasteiger partial charge in [0, 0.05) is 24.8 Å². The number of nitrogens with two attached hydrogens (primary N) is 1. The maximum Gasteiger partial charge on any atom is 0.163 e. The molecule has 1 aromatic rings. The lowest BCUT2D eigenvalue weighted by Gasteiger charge is -2.33. The topological polar surface area (TPSA) is 35.2 Å². The molecular weight excluding hydrogens is 224 g/mol. The van der Waals surface area contributed by atoms with Crippen LogP contribution in [0.25, 0.3) is 0 Å². The van der Waals surface area contributed by atoms with E-state index in [9.17, 15) is 8.78 Å². The lowest BCUT2D eigenvalue weighted by Crippen LogP contribution is -2.34. The summed E-state index contributed by atoms with van der Waals surface area (Å²) < 4.78 is 32.1. The van der Waals surface area contributed by atoms with E-state index in [0.29, 0.717) is 13.2 Å². The van der Waals surface area contributed by atoms with Crippen LogP contribution in [0.3, 0.4) is 0 Å². The zero-order chi connectivity index (χ0) is 12.4. The van der Waals surface area contributed by atoms with Crippen LogP contribution < -0.4 is 5.73 Å². The van der Waals surface area contributed by atoms with Crippen molar-refractivity contribution in [1.82, 2.24) is 0 Å². The molecule has 3 unspecified atom stereocenters. The summed E-state index contributed by atoms with van der Waals surface area (Å²) in [6, 6.07) is 3.70. The molecule has 2 rings (SSSR count). The van der Waals surface area contributed by atoms with Crippen LogP contribution in [-0.2, 0) is 4.74 Å². The molecule has 2 N–H and O–H groups in total. The van der Waals surface area contributed by atoms with Crippen LogP contribution in [0.15, 0.2) is 18.2 Å². The van der Waals surface area contributed by atoms with Crippen molar-refractivity contribution in [1.29, 1.82) is 0 Å². The van der Waals surface area contributed by atoms with Gasteiger partial charge in [0.05, 0.1) is 0 Å². The van der Waals surface area contributed by atoms with E-state index in [2.05, 4.69) is 0 Å². The molecule has 4 heteroatoms. The number of hydrogen-bond donors (Lipinski definition) is 1. The summed E-state index contributed by atoms with van der Waals surface area (Å²) in [4.78, 5) is 0. The SMILES string of the molecule is CC1COCCC1C(N)c1cccc(F)c1F. The molecule has 1 aliphatic rings. The summed E-state index contributed by atoms with van der Waals surface area (Å²) >= 11 is 0. The molecule has 1 fully saturated rings. The number of ether oxygens (including phenoxy) is 1. The van der Waals surface area contributed by atoms with E-state index < -0.39 is 17.7 Å². The highest BCUT2D eigenvalue weighted by Crippen LogP contribution is 2.33. The second-order valence-electron chi connectivity index (χ2n) is 4.67. The first-order valence-electron chi connectivity index (χ1n) is 5.88. The highest BCUT2D eigenvalue weighted by atomic mass is 19.2. The van der Waals surface area contributed by atoms with Crippen molar-refractivity contribution in [2.75, 3.05) is 13.2 Å². The summed E-state index contributed by atoms with van der Waals surface area (Å²) in [5, 5.41) is 0. The van der Waals surface area contributed by atoms with Crippen LogP contribution in [0.1, 0.15) is 24.9 Å². The highest BCUT2D eigenvalue weighted by Gasteiger charge is 2.30. The molecule has 1 aliphatic heterocycles. The third kappa shape index (κ3) is 2.48. The molecule has 17 heavy (non-hydrogen) atoms. The predicted molar refractivity (Wildman–Crippen MR) is 61.4 cm³/mol. The van der Waals surface area contributed by atoms with Crippen LogP contribution in [0.2, 0.25) is 0 Å². The number of benzene rings is 1. The van der Waals surface area contributed by atoms with Gasteiger partial charge in [-0.3, -0.25) is 0 Å². The number of rotatable bonds is 2. The van der Waals surface area contributed by atoms with Gasteiger partial charge in [-0.25, -0.2) is 8.78 Å². The minimum absolute atomic E-state index is 0.139. The molecule has 1 saturated heterocycles. The molecular formula is C13H17F2NO. The standard InChI is InChI=1S/C13H17F2NO/c1-8-7-17-6-5-9(8)13(16)10-3-2-4-11(14)12(10)15/h2-4,8-9,13H,5-7,16H2,1H3. The average Bonchev–Trinajstić information content (AvgIpc) is 2.32. The van der Waals surface area contributed by atoms with E-state index in [4.69, 9.17) is 10.5 Å². The lowest BCUT2D eigenvalue weighted by atomic mass is 9.81. The van der Waals surface area contributed by atoms with E-state index in [1.54, 1.807) is 6.07 Å². The van der Waals surface area contributed by atoms with E-state index in [-0.39, 0.29) is 17.4 Å². The summed E-state index contributed by atoms with van der Waals surface area (Å²) in [7, 11) is 0. The molecule has 1 heterocycles. The summed E-state index contributed by atoms with van der Waals surface area (Å²) in [6.07, 6.45) is 0.790. The Hall–Kier alpha value is -1.00. The fourth-order valence-electron chi connectivity index (χ4n) is 2.44. The van der Waals surface area contributed by atoms with Gasteiger partial charge >= 0.3 is 0 Å². The van der Waals surface area contributed by atoms with Crippen molar-refractivity contribution >= 4 is 0 Å². The third-order valence-electron chi connectivity index (χ3n) is 3.51. The molecule has 0 aliphatic carbocycles. The van der Waals surface area contributed by atoms with Crippen molar-refractivity contribution in [2.24, 2.45) is 17.6 Å². The molecule has 2 nitrogen and oxygen atoms in total. The fourth-order valence-corrected chi connectivity index (χ4v) is 2.44. The van der Waals surface area contributed by atoms with E-state index in [1.165, 1.54) is 6.07 Å². The predicted octanol–water partition coefficient (Wildman–Crippen LogP) is 2.64. The van der Waals surface area contributed by atoms with Crippen LogP contribution in [0, 0.1) is 23.5 Å². The zero-order valence-electron chi connectivity index (χ0n) is 9.83. The van der Waals surface area contributed by atoms with Gasteiger partial charge in [0.15, 0.2) is 11.6 Å². The highest BCUT2D eigenvalue weighted by molar-refractivity contribution is 5.23. The Labute approximate surface area is 99.8 Å². The second kappa shape index (κ2) is 5.10. The molecule has 0 aromatic heterocycles. The van der Waals surface area contributed by atoms with Gasteiger partial charge in [0.2, 0.25) is 0 Å². The van der Waals surface area contributed by atoms with E-state index in [1.807, 2.05) is 6.92 Å². The first-order chi connectivity index (χ1) is 8.11. The molecule has 1 aromatic carbocycles. The van der Waals surface area contributed by atoms with E-state index >= 15 is 0 Å². The Morgan fingerprint density at radius 1 is 1.41 bits per heavy atom. The molecule has 94 valence electrons.